The van der Waals surface area contributed by atoms with Crippen molar-refractivity contribution in [3.8, 4) is 0 Å². The lowest BCUT2D eigenvalue weighted by molar-refractivity contribution is -0.114. The summed E-state index contributed by atoms with van der Waals surface area (Å²) in [6.45, 7) is 2.00. The molecule has 2 N–H and O–H groups in total. The number of rotatable bonds is 5. The molecular formula is C17H17ClN6O. The van der Waals surface area contributed by atoms with Crippen LogP contribution in [-0.4, -0.2) is 25.3 Å². The summed E-state index contributed by atoms with van der Waals surface area (Å²) in [6, 6.07) is 3.69. The van der Waals surface area contributed by atoms with E-state index in [-0.39, 0.29) is 5.91 Å². The van der Waals surface area contributed by atoms with E-state index in [0.29, 0.717) is 23.4 Å². The molecule has 0 aromatic carbocycles. The van der Waals surface area contributed by atoms with E-state index in [9.17, 15) is 4.79 Å². The van der Waals surface area contributed by atoms with Crippen molar-refractivity contribution < 1.29 is 4.79 Å². The first-order valence-electron chi connectivity index (χ1n) is 8.09. The molecule has 0 atom stereocenters. The van der Waals surface area contributed by atoms with Gasteiger partial charge in [0, 0.05) is 25.4 Å². The summed E-state index contributed by atoms with van der Waals surface area (Å²) < 4.78 is 1.98. The SMILES string of the molecule is CC(=O)Nc1cc(C2CC2)cn2cc(CNc3cc(Cl)ncn3)nc12. The third kappa shape index (κ3) is 3.56. The van der Waals surface area contributed by atoms with Gasteiger partial charge in [0.15, 0.2) is 5.65 Å². The lowest BCUT2D eigenvalue weighted by Crippen LogP contribution is -2.08. The zero-order valence-electron chi connectivity index (χ0n) is 13.7. The Morgan fingerprint density at radius 1 is 1.32 bits per heavy atom. The van der Waals surface area contributed by atoms with Crippen LogP contribution in [0.3, 0.4) is 0 Å². The lowest BCUT2D eigenvalue weighted by Gasteiger charge is -2.07. The maximum absolute atomic E-state index is 11.5. The minimum Gasteiger partial charge on any atom is -0.364 e. The van der Waals surface area contributed by atoms with Crippen LogP contribution in [0.5, 0.6) is 0 Å². The molecule has 0 radical (unpaired) electrons. The molecule has 1 saturated carbocycles. The second-order valence-electron chi connectivity index (χ2n) is 6.19. The van der Waals surface area contributed by atoms with Gasteiger partial charge < -0.3 is 15.0 Å². The number of amides is 1. The molecule has 3 aromatic heterocycles. The minimum atomic E-state index is -0.104. The molecule has 1 aliphatic carbocycles. The van der Waals surface area contributed by atoms with Crippen molar-refractivity contribution >= 4 is 34.7 Å². The van der Waals surface area contributed by atoms with Crippen LogP contribution in [0, 0.1) is 0 Å². The fourth-order valence-electron chi connectivity index (χ4n) is 2.79. The highest BCUT2D eigenvalue weighted by atomic mass is 35.5. The van der Waals surface area contributed by atoms with E-state index in [1.807, 2.05) is 16.7 Å². The quantitative estimate of drug-likeness (QED) is 0.686. The summed E-state index contributed by atoms with van der Waals surface area (Å²) in [4.78, 5) is 24.1. The monoisotopic (exact) mass is 356 g/mol. The van der Waals surface area contributed by atoms with Gasteiger partial charge in [0.05, 0.1) is 17.9 Å². The van der Waals surface area contributed by atoms with Crippen molar-refractivity contribution in [2.75, 3.05) is 10.6 Å². The van der Waals surface area contributed by atoms with Gasteiger partial charge in [0.25, 0.3) is 0 Å². The molecule has 4 rings (SSSR count). The summed E-state index contributed by atoms with van der Waals surface area (Å²) >= 11 is 5.86. The van der Waals surface area contributed by atoms with Crippen molar-refractivity contribution in [3.63, 3.8) is 0 Å². The van der Waals surface area contributed by atoms with Gasteiger partial charge in [-0.15, -0.1) is 0 Å². The van der Waals surface area contributed by atoms with Gasteiger partial charge in [-0.2, -0.15) is 0 Å². The molecule has 0 spiro atoms. The first kappa shape index (κ1) is 15.8. The number of carbonyl (C=O) groups is 1. The fourth-order valence-corrected chi connectivity index (χ4v) is 2.94. The van der Waals surface area contributed by atoms with E-state index in [1.54, 1.807) is 6.07 Å². The molecule has 1 amide bonds. The second kappa shape index (κ2) is 6.33. The highest BCUT2D eigenvalue weighted by Gasteiger charge is 2.25. The average Bonchev–Trinajstić information content (AvgIpc) is 3.32. The van der Waals surface area contributed by atoms with Crippen LogP contribution in [0.1, 0.15) is 36.9 Å². The zero-order valence-corrected chi connectivity index (χ0v) is 14.4. The Labute approximate surface area is 149 Å². The van der Waals surface area contributed by atoms with Gasteiger partial charge in [-0.25, -0.2) is 15.0 Å². The molecule has 128 valence electrons. The molecule has 3 aromatic rings. The molecule has 25 heavy (non-hydrogen) atoms. The number of hydrogen-bond donors (Lipinski definition) is 2. The van der Waals surface area contributed by atoms with E-state index in [2.05, 4.69) is 31.8 Å². The van der Waals surface area contributed by atoms with Crippen molar-refractivity contribution in [3.05, 3.63) is 47.3 Å². The summed E-state index contributed by atoms with van der Waals surface area (Å²) in [5, 5.41) is 6.44. The number of nitrogens with one attached hydrogen (secondary N) is 2. The Balaban J connectivity index is 1.62. The van der Waals surface area contributed by atoms with E-state index in [0.717, 1.165) is 17.0 Å². The molecule has 8 heteroatoms. The molecule has 0 bridgehead atoms. The summed E-state index contributed by atoms with van der Waals surface area (Å²) in [6.07, 6.45) is 7.86. The number of halogens is 1. The van der Waals surface area contributed by atoms with E-state index in [1.165, 1.54) is 31.7 Å². The normalized spacial score (nSPS) is 13.8. The van der Waals surface area contributed by atoms with Gasteiger partial charge in [-0.05, 0) is 30.4 Å². The number of nitrogens with zero attached hydrogens (tertiary/aromatic N) is 4. The fraction of sp³-hybridized carbons (Fsp3) is 0.294. The van der Waals surface area contributed by atoms with Crippen LogP contribution >= 0.6 is 11.6 Å². The van der Waals surface area contributed by atoms with Crippen LogP contribution in [0.4, 0.5) is 11.5 Å². The van der Waals surface area contributed by atoms with Crippen molar-refractivity contribution in [1.82, 2.24) is 19.4 Å². The largest absolute Gasteiger partial charge is 0.364 e. The zero-order chi connectivity index (χ0) is 17.4. The number of imidazole rings is 1. The van der Waals surface area contributed by atoms with Gasteiger partial charge in [0.2, 0.25) is 5.91 Å². The van der Waals surface area contributed by atoms with Gasteiger partial charge in [0.1, 0.15) is 17.3 Å². The highest BCUT2D eigenvalue weighted by Crippen LogP contribution is 2.41. The standard InChI is InChI=1S/C17H17ClN6O/c1-10(25)22-14-4-12(11-2-3-11)7-24-8-13(23-17(14)24)6-19-16-5-15(18)20-9-21-16/h4-5,7-9,11H,2-3,6H2,1H3,(H,22,25)(H,19,20,21). The van der Waals surface area contributed by atoms with Crippen LogP contribution in [-0.2, 0) is 11.3 Å². The summed E-state index contributed by atoms with van der Waals surface area (Å²) in [5.74, 6) is 1.12. The number of pyridine rings is 1. The molecule has 0 unspecified atom stereocenters. The van der Waals surface area contributed by atoms with Crippen molar-refractivity contribution in [1.29, 1.82) is 0 Å². The minimum absolute atomic E-state index is 0.104. The molecule has 0 saturated heterocycles. The summed E-state index contributed by atoms with van der Waals surface area (Å²) in [5.41, 5.74) is 3.55. The third-order valence-electron chi connectivity index (χ3n) is 4.07. The van der Waals surface area contributed by atoms with E-state index >= 15 is 0 Å². The summed E-state index contributed by atoms with van der Waals surface area (Å²) in [7, 11) is 0. The molecule has 3 heterocycles. The number of anilines is 2. The van der Waals surface area contributed by atoms with Crippen LogP contribution in [0.25, 0.3) is 5.65 Å². The van der Waals surface area contributed by atoms with Crippen LogP contribution in [0.2, 0.25) is 5.15 Å². The molecule has 1 aliphatic rings. The lowest BCUT2D eigenvalue weighted by atomic mass is 10.2. The van der Waals surface area contributed by atoms with Crippen molar-refractivity contribution in [2.45, 2.75) is 32.2 Å². The smallest absolute Gasteiger partial charge is 0.221 e. The van der Waals surface area contributed by atoms with Crippen molar-refractivity contribution in [2.24, 2.45) is 0 Å². The first-order chi connectivity index (χ1) is 12.1. The number of fused-ring (bicyclic) bond motifs is 1. The van der Waals surface area contributed by atoms with Gasteiger partial charge >= 0.3 is 0 Å². The topological polar surface area (TPSA) is 84.2 Å². The number of carbonyl (C=O) groups excluding carboxylic acids is 1. The second-order valence-corrected chi connectivity index (χ2v) is 6.57. The Morgan fingerprint density at radius 2 is 2.16 bits per heavy atom. The molecule has 7 nitrogen and oxygen atoms in total. The van der Waals surface area contributed by atoms with E-state index in [4.69, 9.17) is 11.6 Å². The van der Waals surface area contributed by atoms with Gasteiger partial charge in [-0.3, -0.25) is 4.79 Å². The van der Waals surface area contributed by atoms with E-state index < -0.39 is 0 Å². The van der Waals surface area contributed by atoms with Crippen LogP contribution in [0.15, 0.2) is 30.9 Å². The average molecular weight is 357 g/mol. The predicted molar refractivity (Wildman–Crippen MR) is 95.8 cm³/mol. The maximum Gasteiger partial charge on any atom is 0.221 e. The maximum atomic E-state index is 11.5. The highest BCUT2D eigenvalue weighted by molar-refractivity contribution is 6.29. The molecular weight excluding hydrogens is 340 g/mol. The molecule has 1 fully saturated rings. The van der Waals surface area contributed by atoms with Crippen LogP contribution < -0.4 is 10.6 Å². The number of hydrogen-bond acceptors (Lipinski definition) is 5. The van der Waals surface area contributed by atoms with Gasteiger partial charge in [-0.1, -0.05) is 11.6 Å². The Hall–Kier alpha value is -2.67. The Kier molecular flexibility index (Phi) is 4.01. The predicted octanol–water partition coefficient (Wildman–Crippen LogP) is 3.23. The molecule has 0 aliphatic heterocycles. The Morgan fingerprint density at radius 3 is 2.88 bits per heavy atom. The third-order valence-corrected chi connectivity index (χ3v) is 4.27. The first-order valence-corrected chi connectivity index (χ1v) is 8.47. The Bertz CT molecular complexity index is 949. The number of aromatic nitrogens is 4.